The van der Waals surface area contributed by atoms with E-state index in [9.17, 15) is 9.59 Å². The molecule has 2 rings (SSSR count). The molecule has 0 spiro atoms. The molecule has 1 heterocycles. The molecule has 1 aromatic carbocycles. The fourth-order valence-corrected chi connectivity index (χ4v) is 2.61. The van der Waals surface area contributed by atoms with E-state index in [1.807, 2.05) is 12.1 Å². The summed E-state index contributed by atoms with van der Waals surface area (Å²) in [5.41, 5.74) is 0. The van der Waals surface area contributed by atoms with Crippen LogP contribution in [0.25, 0.3) is 0 Å². The van der Waals surface area contributed by atoms with E-state index in [-0.39, 0.29) is 23.4 Å². The van der Waals surface area contributed by atoms with E-state index in [1.165, 1.54) is 12.1 Å². The molecule has 0 aliphatic carbocycles. The van der Waals surface area contributed by atoms with Crippen molar-refractivity contribution in [2.45, 2.75) is 13.0 Å². The van der Waals surface area contributed by atoms with Crippen LogP contribution in [0.5, 0.6) is 11.5 Å². The van der Waals surface area contributed by atoms with Gasteiger partial charge in [-0.2, -0.15) is 0 Å². The summed E-state index contributed by atoms with van der Waals surface area (Å²) in [7, 11) is 1.56. The smallest absolute Gasteiger partial charge is 0.345 e. The lowest BCUT2D eigenvalue weighted by atomic mass is 10.3. The van der Waals surface area contributed by atoms with Gasteiger partial charge in [-0.15, -0.1) is 11.3 Å². The molecule has 6 nitrogen and oxygen atoms in total. The second-order valence-electron chi connectivity index (χ2n) is 4.81. The van der Waals surface area contributed by atoms with Crippen LogP contribution in [0.2, 0.25) is 0 Å². The summed E-state index contributed by atoms with van der Waals surface area (Å²) in [4.78, 5) is 23.4. The number of carbonyl (C=O) groups excluding carboxylic acids is 1. The Balaban J connectivity index is 1.89. The topological polar surface area (TPSA) is 84.9 Å². The number of amides is 1. The summed E-state index contributed by atoms with van der Waals surface area (Å²) < 4.78 is 10.8. The second-order valence-corrected chi connectivity index (χ2v) is 5.89. The molecule has 0 saturated heterocycles. The van der Waals surface area contributed by atoms with Crippen molar-refractivity contribution in [1.29, 1.82) is 0 Å². The molecule has 2 aromatic rings. The Kier molecular flexibility index (Phi) is 5.59. The number of ether oxygens (including phenoxy) is 2. The third-order valence-electron chi connectivity index (χ3n) is 2.98. The first-order valence-corrected chi connectivity index (χ1v) is 7.72. The fraction of sp³-hybridized carbons (Fsp3) is 0.250. The normalized spacial score (nSPS) is 11.6. The van der Waals surface area contributed by atoms with Crippen LogP contribution in [0.3, 0.4) is 0 Å². The number of benzene rings is 1. The molecule has 0 radical (unpaired) electrons. The number of hydrogen-bond acceptors (Lipinski definition) is 5. The Morgan fingerprint density at radius 3 is 2.43 bits per heavy atom. The summed E-state index contributed by atoms with van der Waals surface area (Å²) in [6.45, 7) is 2.07. The van der Waals surface area contributed by atoms with Gasteiger partial charge in [-0.3, -0.25) is 4.79 Å². The van der Waals surface area contributed by atoms with Gasteiger partial charge in [0.2, 0.25) is 0 Å². The summed E-state index contributed by atoms with van der Waals surface area (Å²) >= 11 is 0.939. The third-order valence-corrected chi connectivity index (χ3v) is 4.05. The van der Waals surface area contributed by atoms with Crippen molar-refractivity contribution in [2.75, 3.05) is 13.7 Å². The minimum absolute atomic E-state index is 0.132. The molecule has 0 aliphatic heterocycles. The summed E-state index contributed by atoms with van der Waals surface area (Å²) in [6.07, 6.45) is 0. The van der Waals surface area contributed by atoms with Crippen molar-refractivity contribution < 1.29 is 24.2 Å². The van der Waals surface area contributed by atoms with Crippen molar-refractivity contribution >= 4 is 23.2 Å². The van der Waals surface area contributed by atoms with E-state index in [2.05, 4.69) is 5.32 Å². The Bertz CT molecular complexity index is 697. The number of hydrogen-bond donors (Lipinski definition) is 2. The maximum atomic E-state index is 12.1. The zero-order valence-electron chi connectivity index (χ0n) is 12.7. The van der Waals surface area contributed by atoms with Crippen LogP contribution >= 0.6 is 11.3 Å². The Labute approximate surface area is 137 Å². The molecule has 1 aromatic heterocycles. The van der Waals surface area contributed by atoms with Crippen molar-refractivity contribution in [3.05, 3.63) is 46.2 Å². The number of para-hydroxylation sites is 2. The minimum Gasteiger partial charge on any atom is -0.493 e. The Morgan fingerprint density at radius 2 is 1.83 bits per heavy atom. The predicted molar refractivity (Wildman–Crippen MR) is 86.7 cm³/mol. The van der Waals surface area contributed by atoms with Crippen molar-refractivity contribution in [3.8, 4) is 11.5 Å². The molecule has 7 heteroatoms. The molecule has 2 N–H and O–H groups in total. The van der Waals surface area contributed by atoms with Gasteiger partial charge in [0.1, 0.15) is 11.5 Å². The summed E-state index contributed by atoms with van der Waals surface area (Å²) in [5, 5.41) is 11.6. The van der Waals surface area contributed by atoms with Crippen LogP contribution < -0.4 is 14.8 Å². The third kappa shape index (κ3) is 4.46. The molecule has 1 atom stereocenters. The van der Waals surface area contributed by atoms with Crippen LogP contribution in [0.15, 0.2) is 36.4 Å². The first kappa shape index (κ1) is 16.8. The van der Waals surface area contributed by atoms with E-state index >= 15 is 0 Å². The highest BCUT2D eigenvalue weighted by Crippen LogP contribution is 2.25. The molecule has 0 aliphatic rings. The highest BCUT2D eigenvalue weighted by atomic mass is 32.1. The first-order chi connectivity index (χ1) is 11.0. The number of carbonyl (C=O) groups is 2. The number of carboxylic acids is 1. The van der Waals surface area contributed by atoms with E-state index in [0.29, 0.717) is 16.4 Å². The standard InChI is InChI=1S/C16H17NO5S/c1-10(9-22-12-6-4-3-5-11(12)21-2)17-15(18)13-7-8-14(23-13)16(19)20/h3-8,10H,9H2,1-2H3,(H,17,18)(H,19,20)/t10-/m1/s1. The van der Waals surface area contributed by atoms with Gasteiger partial charge in [-0.25, -0.2) is 4.79 Å². The summed E-state index contributed by atoms with van der Waals surface area (Å²) in [6, 6.07) is 9.91. The monoisotopic (exact) mass is 335 g/mol. The van der Waals surface area contributed by atoms with Crippen molar-refractivity contribution in [3.63, 3.8) is 0 Å². The maximum Gasteiger partial charge on any atom is 0.345 e. The van der Waals surface area contributed by atoms with Crippen LogP contribution in [-0.4, -0.2) is 36.7 Å². The van der Waals surface area contributed by atoms with Gasteiger partial charge in [0.15, 0.2) is 11.5 Å². The SMILES string of the molecule is COc1ccccc1OC[C@@H](C)NC(=O)c1ccc(C(=O)O)s1. The predicted octanol–water partition coefficient (Wildman–Crippen LogP) is 2.65. The molecule has 1 amide bonds. The average Bonchev–Trinajstić information content (AvgIpc) is 3.03. The molecule has 0 bridgehead atoms. The van der Waals surface area contributed by atoms with Gasteiger partial charge in [-0.05, 0) is 31.2 Å². The maximum absolute atomic E-state index is 12.1. The largest absolute Gasteiger partial charge is 0.493 e. The highest BCUT2D eigenvalue weighted by molar-refractivity contribution is 7.15. The van der Waals surface area contributed by atoms with E-state index < -0.39 is 5.97 Å². The van der Waals surface area contributed by atoms with E-state index in [0.717, 1.165) is 11.3 Å². The van der Waals surface area contributed by atoms with Gasteiger partial charge in [0, 0.05) is 0 Å². The van der Waals surface area contributed by atoms with Crippen LogP contribution in [-0.2, 0) is 0 Å². The molecule has 122 valence electrons. The van der Waals surface area contributed by atoms with Gasteiger partial charge < -0.3 is 19.9 Å². The molecule has 0 unspecified atom stereocenters. The second kappa shape index (κ2) is 7.64. The van der Waals surface area contributed by atoms with Crippen LogP contribution in [0.4, 0.5) is 0 Å². The number of nitrogens with one attached hydrogen (secondary N) is 1. The average molecular weight is 335 g/mol. The zero-order chi connectivity index (χ0) is 16.8. The lowest BCUT2D eigenvalue weighted by molar-refractivity contribution is 0.0702. The number of thiophene rings is 1. The minimum atomic E-state index is -1.04. The lowest BCUT2D eigenvalue weighted by Gasteiger charge is -2.16. The zero-order valence-corrected chi connectivity index (χ0v) is 13.6. The molecule has 0 saturated carbocycles. The van der Waals surface area contributed by atoms with Gasteiger partial charge in [0.25, 0.3) is 5.91 Å². The number of carboxylic acid groups (broad SMARTS) is 1. The van der Waals surface area contributed by atoms with Gasteiger partial charge in [0.05, 0.1) is 18.0 Å². The van der Waals surface area contributed by atoms with E-state index in [4.69, 9.17) is 14.6 Å². The molecule has 23 heavy (non-hydrogen) atoms. The number of rotatable bonds is 7. The fourth-order valence-electron chi connectivity index (χ4n) is 1.86. The molecule has 0 fully saturated rings. The quantitative estimate of drug-likeness (QED) is 0.812. The van der Waals surface area contributed by atoms with Crippen molar-refractivity contribution in [2.24, 2.45) is 0 Å². The van der Waals surface area contributed by atoms with Gasteiger partial charge >= 0.3 is 5.97 Å². The lowest BCUT2D eigenvalue weighted by Crippen LogP contribution is -2.36. The van der Waals surface area contributed by atoms with Crippen LogP contribution in [0.1, 0.15) is 26.3 Å². The summed E-state index contributed by atoms with van der Waals surface area (Å²) in [5.74, 6) is -0.143. The molecular weight excluding hydrogens is 318 g/mol. The number of methoxy groups -OCH3 is 1. The number of aromatic carboxylic acids is 1. The Morgan fingerprint density at radius 1 is 1.17 bits per heavy atom. The van der Waals surface area contributed by atoms with Crippen molar-refractivity contribution in [1.82, 2.24) is 5.32 Å². The highest BCUT2D eigenvalue weighted by Gasteiger charge is 2.15. The first-order valence-electron chi connectivity index (χ1n) is 6.91. The molecular formula is C16H17NO5S. The van der Waals surface area contributed by atoms with Gasteiger partial charge in [-0.1, -0.05) is 12.1 Å². The van der Waals surface area contributed by atoms with Crippen LogP contribution in [0, 0.1) is 0 Å². The van der Waals surface area contributed by atoms with E-state index in [1.54, 1.807) is 26.2 Å². The Hall–Kier alpha value is -2.54.